The molecule has 0 aliphatic heterocycles. The summed E-state index contributed by atoms with van der Waals surface area (Å²) >= 11 is 8.16. The third kappa shape index (κ3) is 3.64. The second kappa shape index (κ2) is 6.15. The number of nitrogens with zero attached hydrogens (tertiary/aromatic N) is 1. The van der Waals surface area contributed by atoms with E-state index in [0.717, 1.165) is 9.35 Å². The molecule has 0 atom stereocenters. The molecule has 1 amide bonds. The number of carbonyl (C=O) groups excluding carboxylic acids is 1. The topological polar surface area (TPSA) is 20.3 Å². The molecule has 0 unspecified atom stereocenters. The summed E-state index contributed by atoms with van der Waals surface area (Å²) in [6.07, 6.45) is 0. The number of benzene rings is 1. The van der Waals surface area contributed by atoms with Crippen LogP contribution in [0.2, 0.25) is 0 Å². The lowest BCUT2D eigenvalue weighted by Crippen LogP contribution is -2.26. The number of thiophene rings is 1. The van der Waals surface area contributed by atoms with Crippen LogP contribution < -0.4 is 0 Å². The van der Waals surface area contributed by atoms with Crippen molar-refractivity contribution in [2.75, 3.05) is 7.05 Å². The van der Waals surface area contributed by atoms with Crippen molar-refractivity contribution in [3.8, 4) is 0 Å². The molecule has 2 aromatic rings. The van der Waals surface area contributed by atoms with E-state index in [-0.39, 0.29) is 11.5 Å². The Labute approximate surface area is 131 Å². The first-order valence-corrected chi connectivity index (χ1v) is 7.87. The van der Waals surface area contributed by atoms with Gasteiger partial charge in [-0.25, -0.2) is 4.39 Å². The lowest BCUT2D eigenvalue weighted by atomic mass is 10.2. The summed E-state index contributed by atoms with van der Waals surface area (Å²) in [7, 11) is 1.66. The van der Waals surface area contributed by atoms with E-state index in [9.17, 15) is 9.18 Å². The van der Waals surface area contributed by atoms with Crippen molar-refractivity contribution in [1.29, 1.82) is 0 Å². The number of hydrogen-bond donors (Lipinski definition) is 0. The van der Waals surface area contributed by atoms with E-state index in [4.69, 9.17) is 0 Å². The molecule has 0 radical (unpaired) electrons. The van der Waals surface area contributed by atoms with Gasteiger partial charge in [0.15, 0.2) is 0 Å². The van der Waals surface area contributed by atoms with Crippen molar-refractivity contribution in [3.05, 3.63) is 54.8 Å². The smallest absolute Gasteiger partial charge is 0.256 e. The van der Waals surface area contributed by atoms with Crippen LogP contribution in [0.25, 0.3) is 0 Å². The van der Waals surface area contributed by atoms with Gasteiger partial charge in [0.05, 0.1) is 12.1 Å². The molecule has 6 heteroatoms. The van der Waals surface area contributed by atoms with Crippen LogP contribution in [0.4, 0.5) is 4.39 Å². The Kier molecular flexibility index (Phi) is 4.76. The van der Waals surface area contributed by atoms with Gasteiger partial charge in [0.2, 0.25) is 0 Å². The van der Waals surface area contributed by atoms with E-state index < -0.39 is 5.82 Å². The van der Waals surface area contributed by atoms with Gasteiger partial charge in [0, 0.05) is 26.3 Å². The Morgan fingerprint density at radius 1 is 1.32 bits per heavy atom. The molecular formula is C13H10Br2FNOS. The monoisotopic (exact) mass is 405 g/mol. The highest BCUT2D eigenvalue weighted by Crippen LogP contribution is 2.22. The SMILES string of the molecule is CN(Cc1cc(Br)cs1)C(=O)c1cc(Br)ccc1F. The number of hydrogen-bond acceptors (Lipinski definition) is 2. The molecular weight excluding hydrogens is 397 g/mol. The number of rotatable bonds is 3. The standard InChI is InChI=1S/C13H10Br2FNOS/c1-17(6-10-4-9(15)7-19-10)13(18)11-5-8(14)2-3-12(11)16/h2-5,7H,6H2,1H3. The van der Waals surface area contributed by atoms with Gasteiger partial charge in [0.25, 0.3) is 5.91 Å². The van der Waals surface area contributed by atoms with Crippen molar-refractivity contribution in [1.82, 2.24) is 4.90 Å². The average Bonchev–Trinajstić information content (AvgIpc) is 2.77. The second-order valence-electron chi connectivity index (χ2n) is 4.02. The fraction of sp³-hybridized carbons (Fsp3) is 0.154. The molecule has 19 heavy (non-hydrogen) atoms. The molecule has 0 spiro atoms. The largest absolute Gasteiger partial charge is 0.336 e. The van der Waals surface area contributed by atoms with Crippen molar-refractivity contribution >= 4 is 49.1 Å². The van der Waals surface area contributed by atoms with Crippen molar-refractivity contribution < 1.29 is 9.18 Å². The second-order valence-corrected chi connectivity index (χ2v) is 6.84. The van der Waals surface area contributed by atoms with E-state index >= 15 is 0 Å². The van der Waals surface area contributed by atoms with Crippen LogP contribution in [0.1, 0.15) is 15.2 Å². The molecule has 1 aromatic carbocycles. The summed E-state index contributed by atoms with van der Waals surface area (Å²) in [6.45, 7) is 0.459. The maximum Gasteiger partial charge on any atom is 0.256 e. The Bertz CT molecular complexity index is 614. The number of halogens is 3. The maximum absolute atomic E-state index is 13.7. The van der Waals surface area contributed by atoms with Crippen LogP contribution in [0.5, 0.6) is 0 Å². The van der Waals surface area contributed by atoms with Gasteiger partial charge in [-0.05, 0) is 40.2 Å². The van der Waals surface area contributed by atoms with Crippen LogP contribution in [-0.2, 0) is 6.54 Å². The first-order valence-electron chi connectivity index (χ1n) is 5.41. The van der Waals surface area contributed by atoms with Gasteiger partial charge < -0.3 is 4.90 Å². The minimum Gasteiger partial charge on any atom is -0.336 e. The third-order valence-corrected chi connectivity index (χ3v) is 4.70. The number of carbonyl (C=O) groups is 1. The number of amides is 1. The summed E-state index contributed by atoms with van der Waals surface area (Å²) in [5, 5.41) is 1.95. The van der Waals surface area contributed by atoms with Gasteiger partial charge in [0.1, 0.15) is 5.82 Å². The first-order chi connectivity index (χ1) is 8.97. The molecule has 0 aliphatic rings. The van der Waals surface area contributed by atoms with Crippen LogP contribution in [0.3, 0.4) is 0 Å². The minimum atomic E-state index is -0.507. The molecule has 0 saturated carbocycles. The van der Waals surface area contributed by atoms with Crippen LogP contribution in [0, 0.1) is 5.82 Å². The highest BCUT2D eigenvalue weighted by atomic mass is 79.9. The summed E-state index contributed by atoms with van der Waals surface area (Å²) in [5.41, 5.74) is 0.0764. The Hall–Kier alpha value is -0.720. The normalized spacial score (nSPS) is 10.5. The van der Waals surface area contributed by atoms with Crippen LogP contribution >= 0.6 is 43.2 Å². The fourth-order valence-corrected chi connectivity index (χ4v) is 3.47. The Morgan fingerprint density at radius 2 is 2.05 bits per heavy atom. The minimum absolute atomic E-state index is 0.0764. The van der Waals surface area contributed by atoms with Crippen LogP contribution in [0.15, 0.2) is 38.6 Å². The lowest BCUT2D eigenvalue weighted by Gasteiger charge is -2.16. The van der Waals surface area contributed by atoms with Gasteiger partial charge in [-0.2, -0.15) is 0 Å². The predicted molar refractivity (Wildman–Crippen MR) is 81.9 cm³/mol. The summed E-state index contributed by atoms with van der Waals surface area (Å²) < 4.78 is 15.3. The zero-order chi connectivity index (χ0) is 14.0. The molecule has 0 aliphatic carbocycles. The molecule has 2 nitrogen and oxygen atoms in total. The predicted octanol–water partition coefficient (Wildman–Crippen LogP) is 4.68. The van der Waals surface area contributed by atoms with Gasteiger partial charge in [-0.3, -0.25) is 4.79 Å². The highest BCUT2D eigenvalue weighted by molar-refractivity contribution is 9.10. The first kappa shape index (κ1) is 14.7. The van der Waals surface area contributed by atoms with E-state index in [2.05, 4.69) is 31.9 Å². The van der Waals surface area contributed by atoms with E-state index in [1.165, 1.54) is 17.0 Å². The Morgan fingerprint density at radius 3 is 2.68 bits per heavy atom. The molecule has 1 aromatic heterocycles. The van der Waals surface area contributed by atoms with Crippen molar-refractivity contribution in [2.24, 2.45) is 0 Å². The molecule has 0 bridgehead atoms. The van der Waals surface area contributed by atoms with E-state index in [1.807, 2.05) is 11.4 Å². The quantitative estimate of drug-likeness (QED) is 0.724. The summed E-state index contributed by atoms with van der Waals surface area (Å²) in [4.78, 5) is 14.7. The van der Waals surface area contributed by atoms with Gasteiger partial charge >= 0.3 is 0 Å². The van der Waals surface area contributed by atoms with Crippen LogP contribution in [-0.4, -0.2) is 17.9 Å². The van der Waals surface area contributed by atoms with E-state index in [1.54, 1.807) is 24.5 Å². The average molecular weight is 407 g/mol. The van der Waals surface area contributed by atoms with Crippen molar-refractivity contribution in [2.45, 2.75) is 6.54 Å². The Balaban J connectivity index is 2.16. The van der Waals surface area contributed by atoms with Gasteiger partial charge in [-0.15, -0.1) is 11.3 Å². The maximum atomic E-state index is 13.7. The molecule has 2 rings (SSSR count). The lowest BCUT2D eigenvalue weighted by molar-refractivity contribution is 0.0781. The zero-order valence-corrected chi connectivity index (χ0v) is 14.0. The molecule has 0 N–H and O–H groups in total. The zero-order valence-electron chi connectivity index (χ0n) is 9.99. The molecule has 0 saturated heterocycles. The van der Waals surface area contributed by atoms with Gasteiger partial charge in [-0.1, -0.05) is 15.9 Å². The molecule has 0 fully saturated rings. The highest BCUT2D eigenvalue weighted by Gasteiger charge is 2.17. The van der Waals surface area contributed by atoms with E-state index in [0.29, 0.717) is 11.0 Å². The fourth-order valence-electron chi connectivity index (χ4n) is 1.61. The van der Waals surface area contributed by atoms with Crippen molar-refractivity contribution in [3.63, 3.8) is 0 Å². The summed E-state index contributed by atoms with van der Waals surface area (Å²) in [6, 6.07) is 6.31. The summed E-state index contributed by atoms with van der Waals surface area (Å²) in [5.74, 6) is -0.837. The third-order valence-electron chi connectivity index (χ3n) is 2.52. The molecule has 100 valence electrons. The molecule has 1 heterocycles.